The van der Waals surface area contributed by atoms with Crippen molar-refractivity contribution in [3.63, 3.8) is 0 Å². The number of aliphatic carboxylic acids is 2. The Labute approximate surface area is 142 Å². The van der Waals surface area contributed by atoms with Crippen LogP contribution < -0.4 is 11.5 Å². The third-order valence-electron chi connectivity index (χ3n) is 2.68. The van der Waals surface area contributed by atoms with Crippen LogP contribution in [0.1, 0.15) is 12.8 Å². The molecular weight excluding hydrogens is 350 g/mol. The topological polar surface area (TPSA) is 164 Å². The highest BCUT2D eigenvalue weighted by Crippen LogP contribution is 2.08. The lowest BCUT2D eigenvalue weighted by Crippen LogP contribution is -2.50. The maximum Gasteiger partial charge on any atom is 0.323 e. The Morgan fingerprint density at radius 1 is 1.13 bits per heavy atom. The Hall–Kier alpha value is -1.36. The number of carboxylic acid groups (broad SMARTS) is 2. The molecule has 0 aliphatic carbocycles. The van der Waals surface area contributed by atoms with Gasteiger partial charge in [0.15, 0.2) is 0 Å². The van der Waals surface area contributed by atoms with Crippen LogP contribution in [0, 0.1) is 0 Å². The average molecular weight is 370 g/mol. The molecule has 0 spiro atoms. The predicted octanol–water partition coefficient (Wildman–Crippen LogP) is -1.08. The van der Waals surface area contributed by atoms with Gasteiger partial charge in [-0.25, -0.2) is 0 Å². The molecule has 6 N–H and O–H groups in total. The van der Waals surface area contributed by atoms with E-state index in [0.717, 1.165) is 0 Å². The number of hydrogen-bond acceptors (Lipinski definition) is 7. The smallest absolute Gasteiger partial charge is 0.323 e. The number of imide groups is 1. The fraction of sp³-hybridized carbons (Fsp3) is 0.667. The van der Waals surface area contributed by atoms with Crippen molar-refractivity contribution in [2.24, 2.45) is 11.5 Å². The predicted molar refractivity (Wildman–Crippen MR) is 85.2 cm³/mol. The van der Waals surface area contributed by atoms with Crippen molar-refractivity contribution in [2.75, 3.05) is 23.9 Å². The summed E-state index contributed by atoms with van der Waals surface area (Å²) < 4.78 is 0. The van der Waals surface area contributed by atoms with Crippen molar-refractivity contribution in [2.45, 2.75) is 24.9 Å². The number of halogens is 1. The second kappa shape index (κ2) is 11.2. The number of thioether (sulfide) groups is 1. The zero-order valence-electron chi connectivity index (χ0n) is 12.3. The molecule has 23 heavy (non-hydrogen) atoms. The van der Waals surface area contributed by atoms with Gasteiger partial charge < -0.3 is 21.7 Å². The average Bonchev–Trinajstić information content (AvgIpc) is 2.48. The number of nitrogens with zero attached hydrogens (tertiary/aromatic N) is 1. The van der Waals surface area contributed by atoms with Gasteiger partial charge in [0.25, 0.3) is 0 Å². The first-order valence-electron chi connectivity index (χ1n) is 6.64. The van der Waals surface area contributed by atoms with Crippen LogP contribution in [0.15, 0.2) is 0 Å². The summed E-state index contributed by atoms with van der Waals surface area (Å²) in [6, 6.07) is -2.33. The first-order valence-corrected chi connectivity index (χ1v) is 8.33. The standard InChI is InChI=1S/C12H20ClN3O6S/c13-3-4-23-6-8(15)11(20)16(5-10(18)19)9(17)2-1-7(14)12(21)22/h7-8H,1-6,14-15H2,(H,18,19)(H,21,22)/t7-,8-/m0/s1. The SMILES string of the molecule is N[C@@H](CCC(=O)N(CC(=O)O)C(=O)[C@@H](N)CSCCCl)C(=O)O. The van der Waals surface area contributed by atoms with Gasteiger partial charge in [-0.1, -0.05) is 0 Å². The molecule has 0 unspecified atom stereocenters. The van der Waals surface area contributed by atoms with Crippen molar-refractivity contribution < 1.29 is 29.4 Å². The Morgan fingerprint density at radius 3 is 2.22 bits per heavy atom. The molecule has 0 saturated heterocycles. The van der Waals surface area contributed by atoms with Gasteiger partial charge in [0, 0.05) is 23.8 Å². The number of rotatable bonds is 11. The highest BCUT2D eigenvalue weighted by atomic mass is 35.5. The number of hydrogen-bond donors (Lipinski definition) is 4. The van der Waals surface area contributed by atoms with Crippen molar-refractivity contribution >= 4 is 47.1 Å². The maximum atomic E-state index is 12.1. The van der Waals surface area contributed by atoms with Crippen LogP contribution in [0.4, 0.5) is 0 Å². The number of carboxylic acids is 2. The van der Waals surface area contributed by atoms with Gasteiger partial charge >= 0.3 is 11.9 Å². The molecule has 0 radical (unpaired) electrons. The van der Waals surface area contributed by atoms with Crippen LogP contribution in [0.2, 0.25) is 0 Å². The molecule has 2 atom stereocenters. The second-order valence-corrected chi connectivity index (χ2v) is 6.09. The number of carbonyl (C=O) groups is 4. The van der Waals surface area contributed by atoms with E-state index in [4.69, 9.17) is 33.3 Å². The van der Waals surface area contributed by atoms with Gasteiger partial charge in [0.2, 0.25) is 11.8 Å². The van der Waals surface area contributed by atoms with E-state index in [2.05, 4.69) is 0 Å². The van der Waals surface area contributed by atoms with Gasteiger partial charge in [-0.3, -0.25) is 24.1 Å². The molecule has 0 aromatic heterocycles. The Morgan fingerprint density at radius 2 is 1.74 bits per heavy atom. The van der Waals surface area contributed by atoms with Crippen LogP contribution in [-0.2, 0) is 19.2 Å². The zero-order chi connectivity index (χ0) is 18.0. The van der Waals surface area contributed by atoms with Crippen molar-refractivity contribution in [3.8, 4) is 0 Å². The number of amides is 2. The molecule has 0 aliphatic rings. The maximum absolute atomic E-state index is 12.1. The molecule has 0 rings (SSSR count). The normalized spacial score (nSPS) is 13.2. The molecular formula is C12H20ClN3O6S. The zero-order valence-corrected chi connectivity index (χ0v) is 13.9. The van der Waals surface area contributed by atoms with Gasteiger partial charge in [0.05, 0.1) is 6.04 Å². The van der Waals surface area contributed by atoms with Crippen LogP contribution in [-0.4, -0.2) is 74.9 Å². The molecule has 9 nitrogen and oxygen atoms in total. The summed E-state index contributed by atoms with van der Waals surface area (Å²) in [5, 5.41) is 17.5. The molecule has 0 heterocycles. The van der Waals surface area contributed by atoms with E-state index in [1.807, 2.05) is 0 Å². The van der Waals surface area contributed by atoms with Crippen LogP contribution in [0.3, 0.4) is 0 Å². The highest BCUT2D eigenvalue weighted by Gasteiger charge is 2.28. The van der Waals surface area contributed by atoms with E-state index in [1.54, 1.807) is 0 Å². The summed E-state index contributed by atoms with van der Waals surface area (Å²) >= 11 is 6.79. The third kappa shape index (κ3) is 8.74. The summed E-state index contributed by atoms with van der Waals surface area (Å²) in [6.07, 6.45) is -0.582. The van der Waals surface area contributed by atoms with Crippen LogP contribution in [0.25, 0.3) is 0 Å². The van der Waals surface area contributed by atoms with Crippen molar-refractivity contribution in [1.29, 1.82) is 0 Å². The summed E-state index contributed by atoms with van der Waals surface area (Å²) in [5.74, 6) is -3.21. The van der Waals surface area contributed by atoms with Gasteiger partial charge in [-0.15, -0.1) is 11.6 Å². The van der Waals surface area contributed by atoms with E-state index in [1.165, 1.54) is 11.8 Å². The second-order valence-electron chi connectivity index (χ2n) is 4.57. The molecule has 2 amide bonds. The molecule has 0 aromatic rings. The minimum Gasteiger partial charge on any atom is -0.480 e. The lowest BCUT2D eigenvalue weighted by atomic mass is 10.1. The molecule has 0 aromatic carbocycles. The van der Waals surface area contributed by atoms with Gasteiger partial charge in [-0.05, 0) is 6.42 Å². The van der Waals surface area contributed by atoms with Crippen molar-refractivity contribution in [1.82, 2.24) is 4.90 Å². The molecule has 0 saturated carbocycles. The molecule has 0 bridgehead atoms. The largest absolute Gasteiger partial charge is 0.480 e. The minimum atomic E-state index is -1.38. The highest BCUT2D eigenvalue weighted by molar-refractivity contribution is 7.99. The summed E-state index contributed by atoms with van der Waals surface area (Å²) in [7, 11) is 0. The van der Waals surface area contributed by atoms with E-state index in [0.29, 0.717) is 16.5 Å². The molecule has 0 fully saturated rings. The van der Waals surface area contributed by atoms with E-state index in [9.17, 15) is 19.2 Å². The number of nitrogens with two attached hydrogens (primary N) is 2. The van der Waals surface area contributed by atoms with Crippen molar-refractivity contribution in [3.05, 3.63) is 0 Å². The fourth-order valence-corrected chi connectivity index (χ4v) is 2.50. The van der Waals surface area contributed by atoms with Crippen LogP contribution >= 0.6 is 23.4 Å². The van der Waals surface area contributed by atoms with Gasteiger partial charge in [0.1, 0.15) is 12.6 Å². The Balaban J connectivity index is 4.77. The Bertz CT molecular complexity index is 451. The summed E-state index contributed by atoms with van der Waals surface area (Å²) in [6.45, 7) is -0.839. The summed E-state index contributed by atoms with van der Waals surface area (Å²) in [4.78, 5) is 46.0. The third-order valence-corrected chi connectivity index (χ3v) is 4.18. The Kier molecular flexibility index (Phi) is 10.6. The first kappa shape index (κ1) is 21.6. The lowest BCUT2D eigenvalue weighted by molar-refractivity contribution is -0.153. The number of carbonyl (C=O) groups excluding carboxylic acids is 2. The lowest BCUT2D eigenvalue weighted by Gasteiger charge is -2.22. The monoisotopic (exact) mass is 369 g/mol. The van der Waals surface area contributed by atoms with Crippen LogP contribution in [0.5, 0.6) is 0 Å². The first-order chi connectivity index (χ1) is 10.7. The molecule has 11 heteroatoms. The summed E-state index contributed by atoms with van der Waals surface area (Å²) in [5.41, 5.74) is 10.9. The minimum absolute atomic E-state index is 0.184. The fourth-order valence-electron chi connectivity index (χ4n) is 1.50. The van der Waals surface area contributed by atoms with E-state index in [-0.39, 0.29) is 18.6 Å². The van der Waals surface area contributed by atoms with E-state index >= 15 is 0 Å². The molecule has 132 valence electrons. The quantitative estimate of drug-likeness (QED) is 0.262. The molecule has 0 aliphatic heterocycles. The number of alkyl halides is 1. The van der Waals surface area contributed by atoms with Gasteiger partial charge in [-0.2, -0.15) is 11.8 Å². The van der Waals surface area contributed by atoms with E-state index < -0.39 is 42.4 Å².